The predicted octanol–water partition coefficient (Wildman–Crippen LogP) is 2.32. The van der Waals surface area contributed by atoms with Crippen LogP contribution in [0.25, 0.3) is 0 Å². The van der Waals surface area contributed by atoms with E-state index in [-0.39, 0.29) is 11.8 Å². The van der Waals surface area contributed by atoms with Gasteiger partial charge in [0.1, 0.15) is 5.37 Å². The summed E-state index contributed by atoms with van der Waals surface area (Å²) in [6.07, 6.45) is 0. The van der Waals surface area contributed by atoms with Crippen molar-refractivity contribution in [2.24, 2.45) is 5.73 Å². The topological polar surface area (TPSA) is 63.4 Å². The number of hydrogen-bond donors (Lipinski definition) is 1. The van der Waals surface area contributed by atoms with Crippen LogP contribution in [0.1, 0.15) is 17.8 Å². The maximum absolute atomic E-state index is 12.3. The van der Waals surface area contributed by atoms with Crippen LogP contribution in [0.3, 0.4) is 0 Å². The Morgan fingerprint density at radius 2 is 2.35 bits per heavy atom. The number of halogens is 1. The van der Waals surface area contributed by atoms with E-state index in [2.05, 4.69) is 20.8 Å². The molecule has 1 saturated heterocycles. The lowest BCUT2D eigenvalue weighted by Gasteiger charge is -2.39. The highest BCUT2D eigenvalue weighted by atomic mass is 79.9. The number of thioether (sulfide) groups is 1. The van der Waals surface area contributed by atoms with Crippen molar-refractivity contribution in [2.45, 2.75) is 18.3 Å². The first-order valence-electron chi connectivity index (χ1n) is 6.49. The summed E-state index contributed by atoms with van der Waals surface area (Å²) in [6.45, 7) is 2.91. The van der Waals surface area contributed by atoms with E-state index >= 15 is 0 Å². The van der Waals surface area contributed by atoms with E-state index in [0.717, 1.165) is 21.6 Å². The molecule has 114 valence electrons. The van der Waals surface area contributed by atoms with Crippen LogP contribution in [-0.2, 0) is 9.84 Å². The standard InChI is InChI=1S/C12H19BrN2O2S3/c1-2-20(16,17)11-8-18-6-4-15(11)10(7-14)12-9(13)3-5-19-12/h3,5,10-11H,2,4,6-8,14H2,1H3. The van der Waals surface area contributed by atoms with Gasteiger partial charge in [-0.1, -0.05) is 6.92 Å². The molecule has 2 rings (SSSR count). The van der Waals surface area contributed by atoms with Gasteiger partial charge in [0.25, 0.3) is 0 Å². The minimum Gasteiger partial charge on any atom is -0.329 e. The molecule has 0 aromatic carbocycles. The minimum absolute atomic E-state index is 0.0309. The lowest BCUT2D eigenvalue weighted by molar-refractivity contribution is 0.200. The third-order valence-corrected chi connectivity index (χ3v) is 8.79. The van der Waals surface area contributed by atoms with Gasteiger partial charge in [0, 0.05) is 39.7 Å². The molecule has 20 heavy (non-hydrogen) atoms. The summed E-state index contributed by atoms with van der Waals surface area (Å²) in [5, 5.41) is 1.58. The predicted molar refractivity (Wildman–Crippen MR) is 91.1 cm³/mol. The number of rotatable bonds is 5. The first kappa shape index (κ1) is 16.8. The Balaban J connectivity index is 2.33. The van der Waals surface area contributed by atoms with Crippen LogP contribution in [0.4, 0.5) is 0 Å². The molecule has 8 heteroatoms. The molecule has 1 aromatic heterocycles. The van der Waals surface area contributed by atoms with Crippen LogP contribution in [-0.4, -0.2) is 49.0 Å². The van der Waals surface area contributed by atoms with E-state index in [4.69, 9.17) is 5.73 Å². The van der Waals surface area contributed by atoms with Gasteiger partial charge in [-0.2, -0.15) is 11.8 Å². The normalized spacial score (nSPS) is 22.9. The molecule has 0 radical (unpaired) electrons. The average Bonchev–Trinajstić information content (AvgIpc) is 2.87. The van der Waals surface area contributed by atoms with Crippen molar-refractivity contribution in [1.29, 1.82) is 0 Å². The molecule has 2 unspecified atom stereocenters. The van der Waals surface area contributed by atoms with E-state index in [1.165, 1.54) is 0 Å². The zero-order valence-electron chi connectivity index (χ0n) is 11.3. The van der Waals surface area contributed by atoms with E-state index in [9.17, 15) is 8.42 Å². The first-order valence-corrected chi connectivity index (χ1v) is 11.0. The maximum atomic E-state index is 12.3. The van der Waals surface area contributed by atoms with Crippen molar-refractivity contribution < 1.29 is 8.42 Å². The van der Waals surface area contributed by atoms with Crippen LogP contribution >= 0.6 is 39.0 Å². The van der Waals surface area contributed by atoms with Crippen molar-refractivity contribution >= 4 is 48.9 Å². The lowest BCUT2D eigenvalue weighted by Crippen LogP contribution is -2.50. The molecular weight excluding hydrogens is 380 g/mol. The molecule has 1 aliphatic rings. The van der Waals surface area contributed by atoms with Crippen LogP contribution in [0.5, 0.6) is 0 Å². The lowest BCUT2D eigenvalue weighted by atomic mass is 10.2. The molecule has 1 aromatic rings. The molecular formula is C12H19BrN2O2S3. The summed E-state index contributed by atoms with van der Waals surface area (Å²) in [5.74, 6) is 1.77. The van der Waals surface area contributed by atoms with Gasteiger partial charge in [-0.15, -0.1) is 11.3 Å². The smallest absolute Gasteiger partial charge is 0.166 e. The largest absolute Gasteiger partial charge is 0.329 e. The molecule has 0 amide bonds. The highest BCUT2D eigenvalue weighted by Crippen LogP contribution is 2.36. The fourth-order valence-corrected chi connectivity index (χ4v) is 7.23. The van der Waals surface area contributed by atoms with Crippen molar-refractivity contribution in [3.8, 4) is 0 Å². The molecule has 1 fully saturated rings. The van der Waals surface area contributed by atoms with Gasteiger partial charge < -0.3 is 5.73 Å². The van der Waals surface area contributed by atoms with Crippen molar-refractivity contribution in [2.75, 3.05) is 30.3 Å². The molecule has 1 aliphatic heterocycles. The minimum atomic E-state index is -3.09. The van der Waals surface area contributed by atoms with Gasteiger partial charge in [-0.3, -0.25) is 4.90 Å². The number of thiophene rings is 1. The second kappa shape index (κ2) is 7.11. The van der Waals surface area contributed by atoms with Crippen molar-refractivity contribution in [3.05, 3.63) is 20.8 Å². The fraction of sp³-hybridized carbons (Fsp3) is 0.667. The zero-order valence-corrected chi connectivity index (χ0v) is 15.3. The SMILES string of the molecule is CCS(=O)(=O)C1CSCCN1C(CN)c1sccc1Br. The van der Waals surface area contributed by atoms with Crippen LogP contribution in [0.2, 0.25) is 0 Å². The number of nitrogens with zero attached hydrogens (tertiary/aromatic N) is 1. The van der Waals surface area contributed by atoms with E-state index in [1.54, 1.807) is 30.0 Å². The van der Waals surface area contributed by atoms with Gasteiger partial charge in [0.2, 0.25) is 0 Å². The fourth-order valence-electron chi connectivity index (χ4n) is 2.39. The molecule has 0 saturated carbocycles. The quantitative estimate of drug-likeness (QED) is 0.824. The molecule has 0 aliphatic carbocycles. The van der Waals surface area contributed by atoms with Crippen LogP contribution in [0.15, 0.2) is 15.9 Å². The van der Waals surface area contributed by atoms with E-state index in [1.807, 2.05) is 11.4 Å². The Morgan fingerprint density at radius 1 is 1.60 bits per heavy atom. The number of hydrogen-bond acceptors (Lipinski definition) is 6. The Bertz CT molecular complexity index is 547. The summed E-state index contributed by atoms with van der Waals surface area (Å²) in [5.41, 5.74) is 5.95. The van der Waals surface area contributed by atoms with Crippen molar-refractivity contribution in [3.63, 3.8) is 0 Å². The maximum Gasteiger partial charge on any atom is 0.166 e. The highest BCUT2D eigenvalue weighted by Gasteiger charge is 2.37. The Kier molecular flexibility index (Phi) is 5.96. The summed E-state index contributed by atoms with van der Waals surface area (Å²) < 4.78 is 25.7. The average molecular weight is 399 g/mol. The molecule has 0 bridgehead atoms. The van der Waals surface area contributed by atoms with Crippen LogP contribution in [0, 0.1) is 0 Å². The van der Waals surface area contributed by atoms with Gasteiger partial charge >= 0.3 is 0 Å². The summed E-state index contributed by atoms with van der Waals surface area (Å²) in [4.78, 5) is 3.20. The van der Waals surface area contributed by atoms with E-state index < -0.39 is 15.2 Å². The molecule has 0 spiro atoms. The van der Waals surface area contributed by atoms with Gasteiger partial charge in [0.05, 0.1) is 6.04 Å². The Hall–Kier alpha value is 0.400. The van der Waals surface area contributed by atoms with Gasteiger partial charge in [0.15, 0.2) is 9.84 Å². The number of nitrogens with two attached hydrogens (primary N) is 1. The van der Waals surface area contributed by atoms with E-state index in [0.29, 0.717) is 12.3 Å². The van der Waals surface area contributed by atoms with Gasteiger partial charge in [-0.25, -0.2) is 8.42 Å². The van der Waals surface area contributed by atoms with Gasteiger partial charge in [-0.05, 0) is 27.4 Å². The molecule has 4 nitrogen and oxygen atoms in total. The molecule has 2 heterocycles. The first-order chi connectivity index (χ1) is 9.51. The highest BCUT2D eigenvalue weighted by molar-refractivity contribution is 9.10. The summed E-state index contributed by atoms with van der Waals surface area (Å²) >= 11 is 6.87. The Morgan fingerprint density at radius 3 is 2.90 bits per heavy atom. The zero-order chi connectivity index (χ0) is 14.8. The molecule has 2 N–H and O–H groups in total. The monoisotopic (exact) mass is 398 g/mol. The number of sulfone groups is 1. The van der Waals surface area contributed by atoms with Crippen LogP contribution < -0.4 is 5.73 Å². The van der Waals surface area contributed by atoms with Crippen molar-refractivity contribution in [1.82, 2.24) is 4.90 Å². The summed E-state index contributed by atoms with van der Waals surface area (Å²) in [7, 11) is -3.09. The molecule has 2 atom stereocenters. The Labute approximate surface area is 137 Å². The second-order valence-corrected chi connectivity index (χ2v) is 10.0. The third kappa shape index (κ3) is 3.41. The third-order valence-electron chi connectivity index (χ3n) is 3.51. The second-order valence-electron chi connectivity index (χ2n) is 4.60. The summed E-state index contributed by atoms with van der Waals surface area (Å²) in [6, 6.07) is 1.96.